The second-order valence-electron chi connectivity index (χ2n) is 3.76. The largest absolute Gasteiger partial charge is 0.479 e. The van der Waals surface area contributed by atoms with Gasteiger partial charge in [0, 0.05) is 6.54 Å². The lowest BCUT2D eigenvalue weighted by molar-refractivity contribution is -0.146. The van der Waals surface area contributed by atoms with E-state index < -0.39 is 17.8 Å². The average molecular weight is 274 g/mol. The Labute approximate surface area is 109 Å². The van der Waals surface area contributed by atoms with Crippen molar-refractivity contribution in [2.75, 3.05) is 6.54 Å². The molecule has 0 spiro atoms. The van der Waals surface area contributed by atoms with Gasteiger partial charge >= 0.3 is 5.97 Å². The minimum Gasteiger partial charge on any atom is -0.479 e. The topological polar surface area (TPSA) is 57.6 Å². The standard InChI is InChI=1S/C12H13ClFNO3/c1-2-5-15(7-16)11(12(17)18)8-3-4-9(13)10(14)6-8/h3-4,6-7,11H,2,5H2,1H3,(H,17,18). The Morgan fingerprint density at radius 3 is 2.72 bits per heavy atom. The zero-order valence-corrected chi connectivity index (χ0v) is 10.5. The molecule has 0 saturated heterocycles. The summed E-state index contributed by atoms with van der Waals surface area (Å²) in [6, 6.07) is 2.51. The van der Waals surface area contributed by atoms with Crippen LogP contribution in [-0.2, 0) is 9.59 Å². The van der Waals surface area contributed by atoms with Gasteiger partial charge in [0.1, 0.15) is 5.82 Å². The minimum absolute atomic E-state index is 0.0870. The molecular formula is C12H13ClFNO3. The fourth-order valence-corrected chi connectivity index (χ4v) is 1.78. The van der Waals surface area contributed by atoms with E-state index in [9.17, 15) is 14.0 Å². The van der Waals surface area contributed by atoms with E-state index in [1.165, 1.54) is 12.1 Å². The van der Waals surface area contributed by atoms with Gasteiger partial charge < -0.3 is 10.0 Å². The van der Waals surface area contributed by atoms with E-state index in [2.05, 4.69) is 0 Å². The number of nitrogens with zero attached hydrogens (tertiary/aromatic N) is 1. The van der Waals surface area contributed by atoms with Crippen molar-refractivity contribution in [2.45, 2.75) is 19.4 Å². The van der Waals surface area contributed by atoms with E-state index in [1.807, 2.05) is 6.92 Å². The molecule has 0 heterocycles. The molecule has 1 rings (SSSR count). The Kier molecular flexibility index (Phi) is 5.09. The van der Waals surface area contributed by atoms with Crippen molar-refractivity contribution >= 4 is 24.0 Å². The number of hydrogen-bond acceptors (Lipinski definition) is 2. The summed E-state index contributed by atoms with van der Waals surface area (Å²) in [4.78, 5) is 23.2. The van der Waals surface area contributed by atoms with E-state index in [-0.39, 0.29) is 17.1 Å². The first-order valence-corrected chi connectivity index (χ1v) is 5.77. The highest BCUT2D eigenvalue weighted by molar-refractivity contribution is 6.30. The van der Waals surface area contributed by atoms with Gasteiger partial charge in [0.15, 0.2) is 6.04 Å². The normalized spacial score (nSPS) is 11.9. The maximum absolute atomic E-state index is 13.3. The van der Waals surface area contributed by atoms with Gasteiger partial charge in [-0.25, -0.2) is 9.18 Å². The molecule has 4 nitrogen and oxygen atoms in total. The molecule has 18 heavy (non-hydrogen) atoms. The van der Waals surface area contributed by atoms with Crippen molar-refractivity contribution in [1.82, 2.24) is 4.90 Å². The molecule has 0 aliphatic carbocycles. The number of carboxylic acids is 1. The number of rotatable bonds is 6. The van der Waals surface area contributed by atoms with E-state index in [4.69, 9.17) is 16.7 Å². The third-order valence-electron chi connectivity index (χ3n) is 2.44. The highest BCUT2D eigenvalue weighted by Gasteiger charge is 2.26. The first kappa shape index (κ1) is 14.4. The van der Waals surface area contributed by atoms with Crippen LogP contribution in [0.25, 0.3) is 0 Å². The summed E-state index contributed by atoms with van der Waals surface area (Å²) in [7, 11) is 0. The Bertz CT molecular complexity index is 453. The summed E-state index contributed by atoms with van der Waals surface area (Å²) in [5, 5.41) is 9.07. The summed E-state index contributed by atoms with van der Waals surface area (Å²) in [6.45, 7) is 2.10. The Morgan fingerprint density at radius 2 is 2.28 bits per heavy atom. The van der Waals surface area contributed by atoms with Crippen molar-refractivity contribution in [3.63, 3.8) is 0 Å². The lowest BCUT2D eigenvalue weighted by Crippen LogP contribution is -2.33. The number of benzene rings is 1. The van der Waals surface area contributed by atoms with Crippen LogP contribution in [-0.4, -0.2) is 28.9 Å². The SMILES string of the molecule is CCCN(C=O)C(C(=O)O)c1ccc(Cl)c(F)c1. The summed E-state index contributed by atoms with van der Waals surface area (Å²) in [5.41, 5.74) is 0.185. The lowest BCUT2D eigenvalue weighted by Gasteiger charge is -2.24. The van der Waals surface area contributed by atoms with Gasteiger partial charge in [-0.2, -0.15) is 0 Å². The molecular weight excluding hydrogens is 261 g/mol. The molecule has 1 amide bonds. The van der Waals surface area contributed by atoms with Crippen LogP contribution in [0.2, 0.25) is 5.02 Å². The lowest BCUT2D eigenvalue weighted by atomic mass is 10.1. The predicted molar refractivity (Wildman–Crippen MR) is 64.8 cm³/mol. The van der Waals surface area contributed by atoms with Gasteiger partial charge in [-0.1, -0.05) is 24.6 Å². The molecule has 1 atom stereocenters. The van der Waals surface area contributed by atoms with Crippen LogP contribution in [0.1, 0.15) is 24.9 Å². The maximum atomic E-state index is 13.3. The third-order valence-corrected chi connectivity index (χ3v) is 2.75. The molecule has 1 aromatic carbocycles. The van der Waals surface area contributed by atoms with Crippen LogP contribution in [0.4, 0.5) is 4.39 Å². The molecule has 0 fully saturated rings. The molecule has 1 aromatic rings. The molecule has 1 N–H and O–H groups in total. The van der Waals surface area contributed by atoms with E-state index >= 15 is 0 Å². The highest BCUT2D eigenvalue weighted by atomic mass is 35.5. The van der Waals surface area contributed by atoms with Crippen LogP contribution >= 0.6 is 11.6 Å². The Balaban J connectivity index is 3.14. The molecule has 0 aliphatic heterocycles. The van der Waals surface area contributed by atoms with E-state index in [0.717, 1.165) is 11.0 Å². The average Bonchev–Trinajstić information content (AvgIpc) is 2.32. The van der Waals surface area contributed by atoms with E-state index in [1.54, 1.807) is 0 Å². The second-order valence-corrected chi connectivity index (χ2v) is 4.16. The summed E-state index contributed by atoms with van der Waals surface area (Å²) in [6.07, 6.45) is 1.06. The van der Waals surface area contributed by atoms with Crippen LogP contribution in [0, 0.1) is 5.82 Å². The van der Waals surface area contributed by atoms with Crippen LogP contribution in [0.5, 0.6) is 0 Å². The first-order valence-electron chi connectivity index (χ1n) is 5.40. The first-order chi connectivity index (χ1) is 8.51. The van der Waals surface area contributed by atoms with Crippen molar-refractivity contribution in [2.24, 2.45) is 0 Å². The van der Waals surface area contributed by atoms with Crippen molar-refractivity contribution in [3.05, 3.63) is 34.6 Å². The number of carbonyl (C=O) groups is 2. The number of aliphatic carboxylic acids is 1. The van der Waals surface area contributed by atoms with Crippen molar-refractivity contribution < 1.29 is 19.1 Å². The maximum Gasteiger partial charge on any atom is 0.331 e. The molecule has 0 radical (unpaired) electrons. The van der Waals surface area contributed by atoms with E-state index in [0.29, 0.717) is 12.8 Å². The molecule has 6 heteroatoms. The fourth-order valence-electron chi connectivity index (χ4n) is 1.66. The van der Waals surface area contributed by atoms with Crippen LogP contribution in [0.3, 0.4) is 0 Å². The van der Waals surface area contributed by atoms with Crippen molar-refractivity contribution in [3.8, 4) is 0 Å². The zero-order chi connectivity index (χ0) is 13.7. The van der Waals surface area contributed by atoms with Gasteiger partial charge in [0.25, 0.3) is 0 Å². The molecule has 0 aromatic heterocycles. The van der Waals surface area contributed by atoms with Gasteiger partial charge in [-0.3, -0.25) is 4.79 Å². The second kappa shape index (κ2) is 6.35. The fraction of sp³-hybridized carbons (Fsp3) is 0.333. The number of amides is 1. The van der Waals surface area contributed by atoms with Crippen LogP contribution < -0.4 is 0 Å². The number of halogens is 2. The van der Waals surface area contributed by atoms with Gasteiger partial charge in [-0.15, -0.1) is 0 Å². The summed E-state index contributed by atoms with van der Waals surface area (Å²) < 4.78 is 13.3. The molecule has 1 unspecified atom stereocenters. The predicted octanol–water partition coefficient (Wildman–Crippen LogP) is 2.47. The quantitative estimate of drug-likeness (QED) is 0.810. The van der Waals surface area contributed by atoms with Gasteiger partial charge in [0.05, 0.1) is 5.02 Å². The van der Waals surface area contributed by atoms with Gasteiger partial charge in [0.2, 0.25) is 6.41 Å². The Morgan fingerprint density at radius 1 is 1.61 bits per heavy atom. The molecule has 0 aliphatic rings. The summed E-state index contributed by atoms with van der Waals surface area (Å²) >= 11 is 5.53. The zero-order valence-electron chi connectivity index (χ0n) is 9.77. The number of hydrogen-bond donors (Lipinski definition) is 1. The monoisotopic (exact) mass is 273 g/mol. The minimum atomic E-state index is -1.21. The summed E-state index contributed by atoms with van der Waals surface area (Å²) in [5.74, 6) is -1.92. The van der Waals surface area contributed by atoms with Crippen LogP contribution in [0.15, 0.2) is 18.2 Å². The van der Waals surface area contributed by atoms with Gasteiger partial charge in [-0.05, 0) is 24.1 Å². The highest BCUT2D eigenvalue weighted by Crippen LogP contribution is 2.24. The van der Waals surface area contributed by atoms with Crippen molar-refractivity contribution in [1.29, 1.82) is 0 Å². The molecule has 0 saturated carbocycles. The smallest absolute Gasteiger partial charge is 0.331 e. The Hall–Kier alpha value is -1.62. The number of carbonyl (C=O) groups excluding carboxylic acids is 1. The third kappa shape index (κ3) is 3.20. The molecule has 0 bridgehead atoms. The number of carboxylic acid groups (broad SMARTS) is 1. The molecule has 98 valence electrons.